The fourth-order valence-corrected chi connectivity index (χ4v) is 5.91. The third-order valence-corrected chi connectivity index (χ3v) is 8.06. The highest BCUT2D eigenvalue weighted by molar-refractivity contribution is 7.89. The average molecular weight is 437 g/mol. The van der Waals surface area contributed by atoms with Gasteiger partial charge < -0.3 is 4.90 Å². The van der Waals surface area contributed by atoms with Crippen molar-refractivity contribution in [1.82, 2.24) is 19.4 Å². The van der Waals surface area contributed by atoms with Crippen LogP contribution in [0, 0.1) is 0 Å². The molecular weight excluding hydrogens is 412 g/mol. The van der Waals surface area contributed by atoms with E-state index in [4.69, 9.17) is 0 Å². The molecule has 3 aromatic rings. The quantitative estimate of drug-likeness (QED) is 0.681. The molecule has 2 aromatic carbocycles. The van der Waals surface area contributed by atoms with Gasteiger partial charge in [-0.2, -0.15) is 9.40 Å². The number of fused-ring (bicyclic) bond motifs is 1. The van der Waals surface area contributed by atoms with Gasteiger partial charge in [-0.1, -0.05) is 36.4 Å². The lowest BCUT2D eigenvalue weighted by atomic mass is 10.1. The third kappa shape index (κ3) is 3.66. The summed E-state index contributed by atoms with van der Waals surface area (Å²) in [5.74, 6) is -0.137. The number of piperazine rings is 1. The predicted molar refractivity (Wildman–Crippen MR) is 117 cm³/mol. The number of aromatic amines is 1. The number of hydrogen-bond acceptors (Lipinski definition) is 4. The summed E-state index contributed by atoms with van der Waals surface area (Å²) in [5.41, 5.74) is 4.47. The third-order valence-electron chi connectivity index (χ3n) is 6.17. The van der Waals surface area contributed by atoms with Gasteiger partial charge in [-0.15, -0.1) is 0 Å². The van der Waals surface area contributed by atoms with Gasteiger partial charge in [0, 0.05) is 31.7 Å². The average Bonchev–Trinajstić information content (AvgIpc) is 3.48. The zero-order valence-electron chi connectivity index (χ0n) is 17.1. The number of carbonyl (C=O) groups excluding carboxylic acids is 1. The lowest BCUT2D eigenvalue weighted by Crippen LogP contribution is -2.50. The highest BCUT2D eigenvalue weighted by Gasteiger charge is 2.32. The second-order valence-corrected chi connectivity index (χ2v) is 9.94. The van der Waals surface area contributed by atoms with Gasteiger partial charge in [-0.05, 0) is 42.5 Å². The number of aromatic nitrogens is 2. The number of rotatable bonds is 4. The van der Waals surface area contributed by atoms with Crippen LogP contribution in [0.3, 0.4) is 0 Å². The lowest BCUT2D eigenvalue weighted by molar-refractivity contribution is 0.0698. The first-order valence-corrected chi connectivity index (χ1v) is 12.0. The number of benzene rings is 2. The number of nitrogens with one attached hydrogen (secondary N) is 1. The van der Waals surface area contributed by atoms with Crippen LogP contribution in [0.5, 0.6) is 0 Å². The van der Waals surface area contributed by atoms with Crippen molar-refractivity contribution in [3.8, 4) is 11.3 Å². The van der Waals surface area contributed by atoms with E-state index in [1.165, 1.54) is 9.87 Å². The summed E-state index contributed by atoms with van der Waals surface area (Å²) in [6.45, 7) is 1.26. The van der Waals surface area contributed by atoms with Crippen molar-refractivity contribution in [3.05, 3.63) is 71.4 Å². The van der Waals surface area contributed by atoms with E-state index in [0.717, 1.165) is 30.4 Å². The summed E-state index contributed by atoms with van der Waals surface area (Å²) in [5, 5.41) is 6.97. The Labute approximate surface area is 181 Å². The maximum atomic E-state index is 13.1. The van der Waals surface area contributed by atoms with Gasteiger partial charge in [0.1, 0.15) is 0 Å². The van der Waals surface area contributed by atoms with Crippen molar-refractivity contribution in [2.75, 3.05) is 26.2 Å². The predicted octanol–water partition coefficient (Wildman–Crippen LogP) is 2.71. The van der Waals surface area contributed by atoms with Crippen molar-refractivity contribution in [2.24, 2.45) is 0 Å². The lowest BCUT2D eigenvalue weighted by Gasteiger charge is -2.34. The van der Waals surface area contributed by atoms with Crippen LogP contribution in [-0.2, 0) is 22.9 Å². The molecule has 1 fully saturated rings. The summed E-state index contributed by atoms with van der Waals surface area (Å²) in [6, 6.07) is 15.1. The first-order valence-electron chi connectivity index (χ1n) is 10.5. The van der Waals surface area contributed by atoms with E-state index >= 15 is 0 Å². The molecule has 31 heavy (non-hydrogen) atoms. The second kappa shape index (κ2) is 7.94. The van der Waals surface area contributed by atoms with Gasteiger partial charge in [0.15, 0.2) is 0 Å². The van der Waals surface area contributed by atoms with Crippen LogP contribution in [0.1, 0.15) is 27.9 Å². The number of aryl methyl sites for hydroxylation is 2. The van der Waals surface area contributed by atoms with Crippen molar-refractivity contribution in [3.63, 3.8) is 0 Å². The standard InChI is InChI=1S/C23H24N4O3S/c28-23(21-16-24-25-22(21)18-5-2-1-3-6-18)26-11-13-27(14-12-26)31(29,30)20-10-9-17-7-4-8-19(17)15-20/h1-3,5-6,9-10,15-16H,4,7-8,11-14H2,(H,24,25). The summed E-state index contributed by atoms with van der Waals surface area (Å²) in [6.07, 6.45) is 4.59. The SMILES string of the molecule is O=C(c1cn[nH]c1-c1ccccc1)N1CCN(S(=O)(=O)c2ccc3c(c2)CCC3)CC1. The Morgan fingerprint density at radius 3 is 2.45 bits per heavy atom. The Kier molecular flexibility index (Phi) is 5.11. The Morgan fingerprint density at radius 1 is 0.935 bits per heavy atom. The molecule has 1 aliphatic heterocycles. The minimum atomic E-state index is -3.56. The summed E-state index contributed by atoms with van der Waals surface area (Å²) in [4.78, 5) is 15.2. The van der Waals surface area contributed by atoms with Crippen molar-refractivity contribution < 1.29 is 13.2 Å². The minimum absolute atomic E-state index is 0.137. The summed E-state index contributed by atoms with van der Waals surface area (Å²) >= 11 is 0. The van der Waals surface area contributed by atoms with Gasteiger partial charge in [0.05, 0.1) is 22.3 Å². The number of amides is 1. The number of sulfonamides is 1. The first kappa shape index (κ1) is 20.0. The second-order valence-electron chi connectivity index (χ2n) is 8.01. The highest BCUT2D eigenvalue weighted by Crippen LogP contribution is 2.27. The molecule has 7 nitrogen and oxygen atoms in total. The smallest absolute Gasteiger partial charge is 0.257 e. The minimum Gasteiger partial charge on any atom is -0.336 e. The fraction of sp³-hybridized carbons (Fsp3) is 0.304. The number of nitrogens with zero attached hydrogens (tertiary/aromatic N) is 3. The van der Waals surface area contributed by atoms with Crippen molar-refractivity contribution in [2.45, 2.75) is 24.2 Å². The molecule has 1 aromatic heterocycles. The van der Waals surface area contributed by atoms with Crippen LogP contribution in [0.2, 0.25) is 0 Å². The zero-order chi connectivity index (χ0) is 21.4. The number of hydrogen-bond donors (Lipinski definition) is 1. The maximum Gasteiger partial charge on any atom is 0.257 e. The molecule has 0 radical (unpaired) electrons. The van der Waals surface area contributed by atoms with Crippen molar-refractivity contribution in [1.29, 1.82) is 0 Å². The van der Waals surface area contributed by atoms with Crippen molar-refractivity contribution >= 4 is 15.9 Å². The fourth-order valence-electron chi connectivity index (χ4n) is 4.43. The van der Waals surface area contributed by atoms with E-state index in [2.05, 4.69) is 10.2 Å². The molecule has 5 rings (SSSR count). The molecular formula is C23H24N4O3S. The van der Waals surface area contributed by atoms with Crippen LogP contribution in [0.4, 0.5) is 0 Å². The Morgan fingerprint density at radius 2 is 1.68 bits per heavy atom. The molecule has 160 valence electrons. The largest absolute Gasteiger partial charge is 0.336 e. The molecule has 0 unspecified atom stereocenters. The molecule has 2 heterocycles. The topological polar surface area (TPSA) is 86.4 Å². The normalized spacial score (nSPS) is 17.0. The summed E-state index contributed by atoms with van der Waals surface area (Å²) in [7, 11) is -3.56. The van der Waals surface area contributed by atoms with Crippen LogP contribution >= 0.6 is 0 Å². The Bertz CT molecular complexity index is 1210. The van der Waals surface area contributed by atoms with Crippen LogP contribution < -0.4 is 0 Å². The van der Waals surface area contributed by atoms with Crippen LogP contribution in [-0.4, -0.2) is 59.9 Å². The van der Waals surface area contributed by atoms with E-state index in [9.17, 15) is 13.2 Å². The van der Waals surface area contributed by atoms with E-state index < -0.39 is 10.0 Å². The zero-order valence-corrected chi connectivity index (χ0v) is 17.9. The van der Waals surface area contributed by atoms with Crippen LogP contribution in [0.25, 0.3) is 11.3 Å². The molecule has 0 atom stereocenters. The summed E-state index contributed by atoms with van der Waals surface area (Å²) < 4.78 is 27.8. The molecule has 0 saturated carbocycles. The van der Waals surface area contributed by atoms with Crippen LogP contribution in [0.15, 0.2) is 59.6 Å². The maximum absolute atomic E-state index is 13.1. The molecule has 1 N–H and O–H groups in total. The van der Waals surface area contributed by atoms with Gasteiger partial charge in [0.25, 0.3) is 5.91 Å². The number of carbonyl (C=O) groups is 1. The number of H-pyrrole nitrogens is 1. The molecule has 1 amide bonds. The van der Waals surface area contributed by atoms with E-state index in [0.29, 0.717) is 29.2 Å². The molecule has 0 bridgehead atoms. The van der Waals surface area contributed by atoms with Gasteiger partial charge in [0.2, 0.25) is 10.0 Å². The van der Waals surface area contributed by atoms with E-state index in [1.54, 1.807) is 17.2 Å². The Balaban J connectivity index is 1.30. The van der Waals surface area contributed by atoms with E-state index in [1.807, 2.05) is 42.5 Å². The monoisotopic (exact) mass is 436 g/mol. The van der Waals surface area contributed by atoms with Gasteiger partial charge in [-0.25, -0.2) is 8.42 Å². The molecule has 2 aliphatic rings. The molecule has 0 spiro atoms. The Hall–Kier alpha value is -2.97. The molecule has 1 saturated heterocycles. The molecule has 8 heteroatoms. The first-order chi connectivity index (χ1) is 15.0. The molecule has 1 aliphatic carbocycles. The van der Waals surface area contributed by atoms with Gasteiger partial charge >= 0.3 is 0 Å². The highest BCUT2D eigenvalue weighted by atomic mass is 32.2. The van der Waals surface area contributed by atoms with E-state index in [-0.39, 0.29) is 19.0 Å². The van der Waals surface area contributed by atoms with Gasteiger partial charge in [-0.3, -0.25) is 9.89 Å².